The number of benzene rings is 2. The third-order valence-corrected chi connectivity index (χ3v) is 5.90. The first-order valence-corrected chi connectivity index (χ1v) is 12.2. The van der Waals surface area contributed by atoms with Crippen molar-refractivity contribution in [1.82, 2.24) is 15.3 Å². The van der Waals surface area contributed by atoms with Crippen molar-refractivity contribution in [2.45, 2.75) is 33.5 Å². The van der Waals surface area contributed by atoms with Crippen molar-refractivity contribution >= 4 is 40.0 Å². The number of ether oxygens (including phenoxy) is 1. The maximum atomic E-state index is 13.1. The Morgan fingerprint density at radius 1 is 1.00 bits per heavy atom. The fraction of sp³-hybridized carbons (Fsp3) is 0.214. The Morgan fingerprint density at radius 2 is 1.74 bits per heavy atom. The molecule has 2 amide bonds. The van der Waals surface area contributed by atoms with Gasteiger partial charge in [0, 0.05) is 17.0 Å². The van der Waals surface area contributed by atoms with Gasteiger partial charge in [0.05, 0.1) is 34.0 Å². The zero-order chi connectivity index (χ0) is 28.4. The molecule has 0 fully saturated rings. The van der Waals surface area contributed by atoms with E-state index in [9.17, 15) is 22.8 Å². The summed E-state index contributed by atoms with van der Waals surface area (Å²) in [6, 6.07) is 14.1. The molecule has 0 radical (unpaired) electrons. The van der Waals surface area contributed by atoms with Crippen LogP contribution >= 0.6 is 11.6 Å². The Morgan fingerprint density at radius 3 is 2.46 bits per heavy atom. The minimum Gasteiger partial charge on any atom is -0.457 e. The Balaban J connectivity index is 1.58. The molecule has 2 N–H and O–H groups in total. The SMILES string of the molecule is CC(C)(C)C(=O)NCc1ccc(Cl)c(C(=O)Nc2cccc3c(Oc4cccc(C(F)(F)F)c4)ccnc23)n1. The fourth-order valence-electron chi connectivity index (χ4n) is 3.56. The van der Waals surface area contributed by atoms with Crippen LogP contribution in [0.1, 0.15) is 42.5 Å². The monoisotopic (exact) mass is 556 g/mol. The molecule has 0 atom stereocenters. The molecule has 4 aromatic rings. The number of hydrogen-bond acceptors (Lipinski definition) is 5. The van der Waals surface area contributed by atoms with E-state index in [1.54, 1.807) is 45.0 Å². The molecule has 202 valence electrons. The molecule has 0 aliphatic rings. The minimum absolute atomic E-state index is 0.00175. The van der Waals surface area contributed by atoms with Crippen molar-refractivity contribution in [3.05, 3.63) is 88.8 Å². The van der Waals surface area contributed by atoms with Crippen LogP contribution in [-0.2, 0) is 17.5 Å². The van der Waals surface area contributed by atoms with E-state index in [0.29, 0.717) is 22.3 Å². The van der Waals surface area contributed by atoms with Crippen LogP contribution in [0, 0.1) is 5.41 Å². The smallest absolute Gasteiger partial charge is 0.416 e. The van der Waals surface area contributed by atoms with E-state index in [-0.39, 0.29) is 34.7 Å². The van der Waals surface area contributed by atoms with Crippen LogP contribution in [0.15, 0.2) is 66.9 Å². The minimum atomic E-state index is -4.51. The molecule has 0 bridgehead atoms. The zero-order valence-electron chi connectivity index (χ0n) is 21.2. The van der Waals surface area contributed by atoms with Crippen LogP contribution in [0.4, 0.5) is 18.9 Å². The number of anilines is 1. The van der Waals surface area contributed by atoms with Gasteiger partial charge in [0.25, 0.3) is 5.91 Å². The van der Waals surface area contributed by atoms with Gasteiger partial charge in [0.1, 0.15) is 17.2 Å². The van der Waals surface area contributed by atoms with E-state index < -0.39 is 23.1 Å². The van der Waals surface area contributed by atoms with Crippen molar-refractivity contribution < 1.29 is 27.5 Å². The molecule has 0 aliphatic carbocycles. The van der Waals surface area contributed by atoms with Crippen molar-refractivity contribution in [3.63, 3.8) is 0 Å². The van der Waals surface area contributed by atoms with Gasteiger partial charge in [0.2, 0.25) is 5.91 Å². The lowest BCUT2D eigenvalue weighted by Crippen LogP contribution is -2.34. The van der Waals surface area contributed by atoms with Gasteiger partial charge < -0.3 is 15.4 Å². The lowest BCUT2D eigenvalue weighted by Gasteiger charge is -2.17. The highest BCUT2D eigenvalue weighted by atomic mass is 35.5. The largest absolute Gasteiger partial charge is 0.457 e. The van der Waals surface area contributed by atoms with Gasteiger partial charge in [-0.1, -0.05) is 44.5 Å². The molecule has 2 heterocycles. The van der Waals surface area contributed by atoms with Gasteiger partial charge in [-0.15, -0.1) is 0 Å². The molecule has 0 unspecified atom stereocenters. The van der Waals surface area contributed by atoms with Crippen molar-refractivity contribution in [1.29, 1.82) is 0 Å². The predicted molar refractivity (Wildman–Crippen MR) is 142 cm³/mol. The zero-order valence-corrected chi connectivity index (χ0v) is 21.9. The summed E-state index contributed by atoms with van der Waals surface area (Å²) < 4.78 is 45.1. The van der Waals surface area contributed by atoms with Gasteiger partial charge in [-0.3, -0.25) is 14.6 Å². The highest BCUT2D eigenvalue weighted by Crippen LogP contribution is 2.35. The number of carbonyl (C=O) groups is 2. The molecule has 2 aromatic carbocycles. The number of halogens is 4. The predicted octanol–water partition coefficient (Wildman–Crippen LogP) is 7.01. The Kier molecular flexibility index (Phi) is 7.78. The van der Waals surface area contributed by atoms with Gasteiger partial charge >= 0.3 is 6.18 Å². The normalized spacial score (nSPS) is 11.8. The summed E-state index contributed by atoms with van der Waals surface area (Å²) in [5, 5.41) is 6.09. The fourth-order valence-corrected chi connectivity index (χ4v) is 3.75. The highest BCUT2D eigenvalue weighted by Gasteiger charge is 2.30. The van der Waals surface area contributed by atoms with Crippen LogP contribution in [0.5, 0.6) is 11.5 Å². The molecule has 2 aromatic heterocycles. The molecule has 7 nitrogen and oxygen atoms in total. The summed E-state index contributed by atoms with van der Waals surface area (Å²) in [7, 11) is 0. The molecule has 11 heteroatoms. The summed E-state index contributed by atoms with van der Waals surface area (Å²) in [5.41, 5.74) is -0.368. The third kappa shape index (κ3) is 6.64. The Bertz CT molecular complexity index is 1550. The van der Waals surface area contributed by atoms with Crippen LogP contribution in [0.3, 0.4) is 0 Å². The van der Waals surface area contributed by atoms with Crippen LogP contribution in [0.2, 0.25) is 5.02 Å². The van der Waals surface area contributed by atoms with Crippen molar-refractivity contribution in [2.75, 3.05) is 5.32 Å². The number of alkyl halides is 3. The van der Waals surface area contributed by atoms with Crippen LogP contribution < -0.4 is 15.4 Å². The van der Waals surface area contributed by atoms with E-state index in [0.717, 1.165) is 12.1 Å². The summed E-state index contributed by atoms with van der Waals surface area (Å²) in [6.45, 7) is 5.46. The van der Waals surface area contributed by atoms with Gasteiger partial charge in [-0.05, 0) is 48.5 Å². The number of pyridine rings is 2. The lowest BCUT2D eigenvalue weighted by molar-refractivity contribution is -0.137. The number of nitrogens with zero attached hydrogens (tertiary/aromatic N) is 2. The molecular formula is C28H24ClF3N4O3. The van der Waals surface area contributed by atoms with E-state index in [1.807, 2.05) is 0 Å². The second kappa shape index (κ2) is 10.9. The molecule has 39 heavy (non-hydrogen) atoms. The number of amides is 2. The van der Waals surface area contributed by atoms with Gasteiger partial charge in [-0.25, -0.2) is 4.98 Å². The molecule has 4 rings (SSSR count). The van der Waals surface area contributed by atoms with Crippen molar-refractivity contribution in [2.24, 2.45) is 5.41 Å². The third-order valence-electron chi connectivity index (χ3n) is 5.60. The summed E-state index contributed by atoms with van der Waals surface area (Å²) in [5.74, 6) is -0.529. The topological polar surface area (TPSA) is 93.2 Å². The summed E-state index contributed by atoms with van der Waals surface area (Å²) in [6.07, 6.45) is -3.09. The van der Waals surface area contributed by atoms with E-state index in [2.05, 4.69) is 20.6 Å². The number of carbonyl (C=O) groups excluding carboxylic acids is 2. The summed E-state index contributed by atoms with van der Waals surface area (Å²) in [4.78, 5) is 33.9. The first-order valence-electron chi connectivity index (χ1n) is 11.8. The van der Waals surface area contributed by atoms with Crippen molar-refractivity contribution in [3.8, 4) is 11.5 Å². The number of rotatable bonds is 6. The number of fused-ring (bicyclic) bond motifs is 1. The lowest BCUT2D eigenvalue weighted by atomic mass is 9.96. The average molecular weight is 557 g/mol. The number of para-hydroxylation sites is 1. The standard InChI is InChI=1S/C28H24ClF3N4O3/c1-27(2,3)26(38)34-15-17-10-11-20(29)24(35-17)25(37)36-21-9-5-8-19-22(12-13-33-23(19)21)39-18-7-4-6-16(14-18)28(30,31)32/h4-14H,15H2,1-3H3,(H,34,38)(H,36,37). The van der Waals surface area contributed by atoms with E-state index in [1.165, 1.54) is 30.5 Å². The Labute approximate surface area is 227 Å². The molecule has 0 saturated heterocycles. The quantitative estimate of drug-likeness (QED) is 0.266. The molecule has 0 aliphatic heterocycles. The van der Waals surface area contributed by atoms with Gasteiger partial charge in [-0.2, -0.15) is 13.2 Å². The van der Waals surface area contributed by atoms with E-state index in [4.69, 9.17) is 16.3 Å². The van der Waals surface area contributed by atoms with Gasteiger partial charge in [0.15, 0.2) is 0 Å². The molecule has 0 spiro atoms. The first-order chi connectivity index (χ1) is 18.3. The van der Waals surface area contributed by atoms with Crippen LogP contribution in [-0.4, -0.2) is 21.8 Å². The number of hydrogen-bond donors (Lipinski definition) is 2. The number of nitrogens with one attached hydrogen (secondary N) is 2. The highest BCUT2D eigenvalue weighted by molar-refractivity contribution is 6.34. The second-order valence-corrected chi connectivity index (χ2v) is 10.1. The first kappa shape index (κ1) is 27.8. The second-order valence-electron chi connectivity index (χ2n) is 9.66. The van der Waals surface area contributed by atoms with E-state index >= 15 is 0 Å². The summed E-state index contributed by atoms with van der Waals surface area (Å²) >= 11 is 6.24. The maximum absolute atomic E-state index is 13.1. The van der Waals surface area contributed by atoms with Crippen LogP contribution in [0.25, 0.3) is 10.9 Å². The Hall–Kier alpha value is -4.18. The number of aromatic nitrogens is 2. The maximum Gasteiger partial charge on any atom is 0.416 e. The molecule has 0 saturated carbocycles. The average Bonchev–Trinajstić information content (AvgIpc) is 2.87. The molecular weight excluding hydrogens is 533 g/mol.